The van der Waals surface area contributed by atoms with Crippen LogP contribution in [0.4, 0.5) is 5.13 Å². The van der Waals surface area contributed by atoms with E-state index in [-0.39, 0.29) is 23.3 Å². The van der Waals surface area contributed by atoms with Crippen molar-refractivity contribution in [2.24, 2.45) is 5.92 Å². The summed E-state index contributed by atoms with van der Waals surface area (Å²) in [5.41, 5.74) is 1.10. The van der Waals surface area contributed by atoms with Gasteiger partial charge in [0.25, 0.3) is 0 Å². The van der Waals surface area contributed by atoms with E-state index in [4.69, 9.17) is 0 Å². The SMILES string of the molecule is O=C(Nc1nc2c(s1)CCC2)C1CCCN(S(=O)(=O)c2ccccc2)C1. The van der Waals surface area contributed by atoms with Crippen LogP contribution in [0, 0.1) is 5.92 Å². The Hall–Kier alpha value is -1.77. The number of amides is 1. The molecule has 2 heterocycles. The summed E-state index contributed by atoms with van der Waals surface area (Å²) in [6, 6.07) is 8.40. The summed E-state index contributed by atoms with van der Waals surface area (Å²) in [5.74, 6) is -0.480. The number of aryl methyl sites for hydroxylation is 2. The van der Waals surface area contributed by atoms with Crippen LogP contribution in [0.5, 0.6) is 0 Å². The van der Waals surface area contributed by atoms with Crippen molar-refractivity contribution in [1.82, 2.24) is 9.29 Å². The Labute approximate surface area is 157 Å². The van der Waals surface area contributed by atoms with Gasteiger partial charge >= 0.3 is 0 Å². The maximum absolute atomic E-state index is 12.8. The minimum absolute atomic E-state index is 0.134. The van der Waals surface area contributed by atoms with Gasteiger partial charge < -0.3 is 5.32 Å². The zero-order valence-electron chi connectivity index (χ0n) is 14.3. The van der Waals surface area contributed by atoms with E-state index in [9.17, 15) is 13.2 Å². The van der Waals surface area contributed by atoms with Crippen molar-refractivity contribution in [3.63, 3.8) is 0 Å². The molecule has 8 heteroatoms. The molecule has 138 valence electrons. The molecule has 1 aliphatic carbocycles. The average molecular weight is 392 g/mol. The Bertz CT molecular complexity index is 888. The predicted octanol–water partition coefficient (Wildman–Crippen LogP) is 2.67. The Morgan fingerprint density at radius 2 is 2.00 bits per heavy atom. The lowest BCUT2D eigenvalue weighted by Gasteiger charge is -2.31. The fourth-order valence-corrected chi connectivity index (χ4v) is 6.17. The first-order valence-corrected chi connectivity index (χ1v) is 11.1. The maximum Gasteiger partial charge on any atom is 0.243 e. The van der Waals surface area contributed by atoms with Gasteiger partial charge in [0.15, 0.2) is 5.13 Å². The molecule has 0 radical (unpaired) electrons. The number of nitrogens with zero attached hydrogens (tertiary/aromatic N) is 2. The van der Waals surface area contributed by atoms with Gasteiger partial charge in [-0.05, 0) is 44.2 Å². The van der Waals surface area contributed by atoms with Gasteiger partial charge in [-0.1, -0.05) is 18.2 Å². The highest BCUT2D eigenvalue weighted by molar-refractivity contribution is 7.89. The van der Waals surface area contributed by atoms with Gasteiger partial charge in [-0.3, -0.25) is 4.79 Å². The van der Waals surface area contributed by atoms with Crippen LogP contribution in [0.25, 0.3) is 0 Å². The third kappa shape index (κ3) is 3.41. The zero-order chi connectivity index (χ0) is 18.1. The van der Waals surface area contributed by atoms with Crippen LogP contribution in [-0.2, 0) is 27.7 Å². The first-order chi connectivity index (χ1) is 12.5. The molecule has 1 aromatic heterocycles. The average Bonchev–Trinajstić information content (AvgIpc) is 3.24. The lowest BCUT2D eigenvalue weighted by molar-refractivity contribution is -0.120. The van der Waals surface area contributed by atoms with E-state index in [1.807, 2.05) is 0 Å². The first kappa shape index (κ1) is 17.6. The lowest BCUT2D eigenvalue weighted by Crippen LogP contribution is -2.43. The van der Waals surface area contributed by atoms with Gasteiger partial charge in [0.05, 0.1) is 16.5 Å². The number of sulfonamides is 1. The highest BCUT2D eigenvalue weighted by atomic mass is 32.2. The van der Waals surface area contributed by atoms with E-state index in [1.165, 1.54) is 9.18 Å². The van der Waals surface area contributed by atoms with E-state index in [1.54, 1.807) is 41.7 Å². The minimum atomic E-state index is -3.56. The van der Waals surface area contributed by atoms with Crippen molar-refractivity contribution in [2.75, 3.05) is 18.4 Å². The molecule has 6 nitrogen and oxygen atoms in total. The molecule has 2 aliphatic rings. The quantitative estimate of drug-likeness (QED) is 0.869. The Morgan fingerprint density at radius 1 is 1.19 bits per heavy atom. The van der Waals surface area contributed by atoms with Crippen molar-refractivity contribution in [1.29, 1.82) is 0 Å². The Morgan fingerprint density at radius 3 is 2.77 bits per heavy atom. The number of piperidine rings is 1. The van der Waals surface area contributed by atoms with E-state index < -0.39 is 10.0 Å². The van der Waals surface area contributed by atoms with Crippen molar-refractivity contribution in [2.45, 2.75) is 37.0 Å². The van der Waals surface area contributed by atoms with Gasteiger partial charge in [0.2, 0.25) is 15.9 Å². The maximum atomic E-state index is 12.8. The third-order valence-electron chi connectivity index (χ3n) is 4.96. The zero-order valence-corrected chi connectivity index (χ0v) is 16.0. The lowest BCUT2D eigenvalue weighted by atomic mass is 9.99. The minimum Gasteiger partial charge on any atom is -0.302 e. The van der Waals surface area contributed by atoms with Gasteiger partial charge in [-0.25, -0.2) is 13.4 Å². The summed E-state index contributed by atoms with van der Waals surface area (Å²) in [6.45, 7) is 0.667. The summed E-state index contributed by atoms with van der Waals surface area (Å²) >= 11 is 1.54. The fourth-order valence-electron chi connectivity index (χ4n) is 3.57. The summed E-state index contributed by atoms with van der Waals surface area (Å²) in [6.07, 6.45) is 4.53. The molecule has 1 fully saturated rings. The highest BCUT2D eigenvalue weighted by Crippen LogP contribution is 2.31. The van der Waals surface area contributed by atoms with Gasteiger partial charge in [0.1, 0.15) is 0 Å². The second-order valence-corrected chi connectivity index (χ2v) is 9.77. The molecule has 1 aliphatic heterocycles. The van der Waals surface area contributed by atoms with Crippen LogP contribution in [0.15, 0.2) is 35.2 Å². The van der Waals surface area contributed by atoms with Crippen LogP contribution >= 0.6 is 11.3 Å². The molecule has 1 N–H and O–H groups in total. The molecule has 0 spiro atoms. The van der Waals surface area contributed by atoms with Crippen LogP contribution in [0.2, 0.25) is 0 Å². The molecule has 1 amide bonds. The summed E-state index contributed by atoms with van der Waals surface area (Å²) in [5, 5.41) is 3.54. The van der Waals surface area contributed by atoms with Crippen LogP contribution in [-0.4, -0.2) is 36.7 Å². The predicted molar refractivity (Wildman–Crippen MR) is 101 cm³/mol. The van der Waals surface area contributed by atoms with Crippen LogP contribution in [0.1, 0.15) is 29.8 Å². The van der Waals surface area contributed by atoms with Crippen LogP contribution in [0.3, 0.4) is 0 Å². The molecular weight excluding hydrogens is 370 g/mol. The molecule has 0 saturated carbocycles. The number of hydrogen-bond donors (Lipinski definition) is 1. The number of benzene rings is 1. The normalized spacial score (nSPS) is 20.7. The van der Waals surface area contributed by atoms with Gasteiger partial charge in [-0.15, -0.1) is 11.3 Å². The number of hydrogen-bond acceptors (Lipinski definition) is 5. The molecule has 1 atom stereocenters. The number of thiazole rings is 1. The molecule has 0 bridgehead atoms. The van der Waals surface area contributed by atoms with Crippen molar-refractivity contribution in [3.8, 4) is 0 Å². The molecule has 4 rings (SSSR count). The molecule has 1 aromatic carbocycles. The molecular formula is C18H21N3O3S2. The van der Waals surface area contributed by atoms with Gasteiger partial charge in [0, 0.05) is 18.0 Å². The highest BCUT2D eigenvalue weighted by Gasteiger charge is 2.33. The first-order valence-electron chi connectivity index (χ1n) is 8.89. The van der Waals surface area contributed by atoms with E-state index in [0.717, 1.165) is 25.0 Å². The molecule has 1 saturated heterocycles. The second kappa shape index (κ2) is 7.09. The van der Waals surface area contributed by atoms with Gasteiger partial charge in [-0.2, -0.15) is 4.31 Å². The number of carbonyl (C=O) groups excluding carboxylic acids is 1. The summed E-state index contributed by atoms with van der Waals surface area (Å²) < 4.78 is 27.0. The summed E-state index contributed by atoms with van der Waals surface area (Å²) in [7, 11) is -3.56. The molecule has 1 unspecified atom stereocenters. The number of aromatic nitrogens is 1. The van der Waals surface area contributed by atoms with Crippen LogP contribution < -0.4 is 5.32 Å². The largest absolute Gasteiger partial charge is 0.302 e. The van der Waals surface area contributed by atoms with Crippen molar-refractivity contribution in [3.05, 3.63) is 40.9 Å². The number of rotatable bonds is 4. The monoisotopic (exact) mass is 391 g/mol. The standard InChI is InChI=1S/C18H21N3O3S2/c22-17(20-18-19-15-9-4-10-16(15)25-18)13-6-5-11-21(12-13)26(23,24)14-7-2-1-3-8-14/h1-3,7-8,13H,4-6,9-12H2,(H,19,20,22). The number of anilines is 1. The smallest absolute Gasteiger partial charge is 0.243 e. The number of fused-ring (bicyclic) bond motifs is 1. The third-order valence-corrected chi connectivity index (χ3v) is 7.91. The topological polar surface area (TPSA) is 79.4 Å². The van der Waals surface area contributed by atoms with E-state index in [2.05, 4.69) is 10.3 Å². The Balaban J connectivity index is 1.45. The fraction of sp³-hybridized carbons (Fsp3) is 0.444. The van der Waals surface area contributed by atoms with E-state index >= 15 is 0 Å². The van der Waals surface area contributed by atoms with E-state index in [0.29, 0.717) is 24.5 Å². The Kier molecular flexibility index (Phi) is 4.81. The second-order valence-electron chi connectivity index (χ2n) is 6.75. The van der Waals surface area contributed by atoms with Crippen molar-refractivity contribution >= 4 is 32.4 Å². The molecule has 2 aromatic rings. The van der Waals surface area contributed by atoms with Crippen molar-refractivity contribution < 1.29 is 13.2 Å². The molecule has 26 heavy (non-hydrogen) atoms. The number of nitrogens with one attached hydrogen (secondary N) is 1. The number of carbonyl (C=O) groups is 1. The summed E-state index contributed by atoms with van der Waals surface area (Å²) in [4.78, 5) is 18.7.